The summed E-state index contributed by atoms with van der Waals surface area (Å²) in [5.41, 5.74) is -1.98. The standard InChI is InChI=1S/C11H11F3N2O8S/c1-23-10(18)8(15)9(17)5-2-3-7(6(4-5)16(19)20)24-25(21,22)11(12,13)14/h2-4,8-9,17H,15H2,1H3/t8-,9-/m1/s1. The van der Waals surface area contributed by atoms with Crippen molar-refractivity contribution in [3.8, 4) is 5.75 Å². The van der Waals surface area contributed by atoms with E-state index in [1.54, 1.807) is 0 Å². The zero-order valence-electron chi connectivity index (χ0n) is 12.3. The van der Waals surface area contributed by atoms with Crippen molar-refractivity contribution in [2.75, 3.05) is 7.11 Å². The average Bonchev–Trinajstić information content (AvgIpc) is 2.51. The molecule has 0 spiro atoms. The second-order valence-electron chi connectivity index (χ2n) is 4.46. The molecule has 0 aliphatic rings. The fourth-order valence-electron chi connectivity index (χ4n) is 1.57. The molecule has 0 aromatic heterocycles. The number of halogens is 3. The van der Waals surface area contributed by atoms with Crippen LogP contribution < -0.4 is 9.92 Å². The molecule has 0 bridgehead atoms. The van der Waals surface area contributed by atoms with Gasteiger partial charge in [0.1, 0.15) is 12.1 Å². The summed E-state index contributed by atoms with van der Waals surface area (Å²) < 4.78 is 66.8. The van der Waals surface area contributed by atoms with Crippen molar-refractivity contribution in [1.82, 2.24) is 0 Å². The highest BCUT2D eigenvalue weighted by Gasteiger charge is 2.49. The maximum Gasteiger partial charge on any atom is 0.534 e. The van der Waals surface area contributed by atoms with E-state index >= 15 is 0 Å². The molecule has 140 valence electrons. The monoisotopic (exact) mass is 388 g/mol. The predicted octanol–water partition coefficient (Wildman–Crippen LogP) is 0.357. The van der Waals surface area contributed by atoms with E-state index in [4.69, 9.17) is 5.73 Å². The Labute approximate surface area is 138 Å². The Bertz CT molecular complexity index is 780. The van der Waals surface area contributed by atoms with E-state index in [9.17, 15) is 41.6 Å². The van der Waals surface area contributed by atoms with E-state index in [-0.39, 0.29) is 5.56 Å². The van der Waals surface area contributed by atoms with Crippen LogP contribution in [-0.2, 0) is 19.6 Å². The number of hydrogen-bond acceptors (Lipinski definition) is 9. The number of nitro groups is 1. The van der Waals surface area contributed by atoms with Gasteiger partial charge < -0.3 is 19.8 Å². The number of nitrogens with zero attached hydrogens (tertiary/aromatic N) is 1. The second kappa shape index (κ2) is 7.20. The van der Waals surface area contributed by atoms with Crippen LogP contribution in [0.2, 0.25) is 0 Å². The summed E-state index contributed by atoms with van der Waals surface area (Å²) in [5, 5.41) is 20.8. The molecule has 1 aromatic rings. The third kappa shape index (κ3) is 4.55. The van der Waals surface area contributed by atoms with Gasteiger partial charge in [-0.25, -0.2) is 0 Å². The SMILES string of the molecule is COC(=O)[C@H](N)[C@H](O)c1ccc(OS(=O)(=O)C(F)(F)F)c([N+](=O)[O-])c1. The number of alkyl halides is 3. The molecule has 0 aliphatic heterocycles. The molecule has 10 nitrogen and oxygen atoms in total. The first-order valence-corrected chi connectivity index (χ1v) is 7.53. The van der Waals surface area contributed by atoms with Crippen LogP contribution >= 0.6 is 0 Å². The number of esters is 1. The summed E-state index contributed by atoms with van der Waals surface area (Å²) in [6.07, 6.45) is -1.81. The van der Waals surface area contributed by atoms with Crippen molar-refractivity contribution in [2.45, 2.75) is 17.7 Å². The van der Waals surface area contributed by atoms with Crippen molar-refractivity contribution in [2.24, 2.45) is 5.73 Å². The van der Waals surface area contributed by atoms with Crippen LogP contribution in [0.4, 0.5) is 18.9 Å². The summed E-state index contributed by atoms with van der Waals surface area (Å²) in [4.78, 5) is 20.9. The number of nitro benzene ring substituents is 1. The van der Waals surface area contributed by atoms with Crippen LogP contribution in [0.25, 0.3) is 0 Å². The first-order valence-electron chi connectivity index (χ1n) is 6.12. The summed E-state index contributed by atoms with van der Waals surface area (Å²) in [5.74, 6) is -2.29. The lowest BCUT2D eigenvalue weighted by Gasteiger charge is -2.17. The number of ether oxygens (including phenoxy) is 1. The lowest BCUT2D eigenvalue weighted by molar-refractivity contribution is -0.385. The lowest BCUT2D eigenvalue weighted by atomic mass is 10.0. The minimum absolute atomic E-state index is 0.346. The highest BCUT2D eigenvalue weighted by atomic mass is 32.2. The van der Waals surface area contributed by atoms with Crippen molar-refractivity contribution in [3.63, 3.8) is 0 Å². The maximum atomic E-state index is 12.3. The minimum Gasteiger partial charge on any atom is -0.468 e. The van der Waals surface area contributed by atoms with Crippen LogP contribution in [0.3, 0.4) is 0 Å². The Morgan fingerprint density at radius 2 is 1.96 bits per heavy atom. The number of methoxy groups -OCH3 is 1. The number of benzene rings is 1. The van der Waals surface area contributed by atoms with E-state index in [1.807, 2.05) is 0 Å². The molecule has 1 aromatic carbocycles. The van der Waals surface area contributed by atoms with Gasteiger partial charge in [0.2, 0.25) is 5.75 Å². The highest BCUT2D eigenvalue weighted by molar-refractivity contribution is 7.88. The Kier molecular flexibility index (Phi) is 5.93. The Balaban J connectivity index is 3.30. The summed E-state index contributed by atoms with van der Waals surface area (Å²) in [6.45, 7) is 0. The predicted molar refractivity (Wildman–Crippen MR) is 73.7 cm³/mol. The molecule has 0 fully saturated rings. The van der Waals surface area contributed by atoms with Crippen LogP contribution in [-0.4, -0.2) is 43.1 Å². The molecule has 25 heavy (non-hydrogen) atoms. The number of carbonyl (C=O) groups excluding carboxylic acids is 1. The normalized spacial score (nSPS) is 14.5. The van der Waals surface area contributed by atoms with E-state index in [1.165, 1.54) is 0 Å². The van der Waals surface area contributed by atoms with Gasteiger partial charge in [0.25, 0.3) is 0 Å². The molecule has 0 aliphatic carbocycles. The van der Waals surface area contributed by atoms with Gasteiger partial charge in [-0.2, -0.15) is 21.6 Å². The van der Waals surface area contributed by atoms with Crippen LogP contribution in [0.15, 0.2) is 18.2 Å². The zero-order chi connectivity index (χ0) is 19.6. The van der Waals surface area contributed by atoms with Gasteiger partial charge in [-0.1, -0.05) is 6.07 Å². The van der Waals surface area contributed by atoms with Gasteiger partial charge in [0.15, 0.2) is 0 Å². The van der Waals surface area contributed by atoms with E-state index < -0.39 is 50.1 Å². The third-order valence-electron chi connectivity index (χ3n) is 2.82. The molecule has 1 rings (SSSR count). The molecule has 0 heterocycles. The Morgan fingerprint density at radius 3 is 2.40 bits per heavy atom. The number of hydrogen-bond donors (Lipinski definition) is 2. The number of aliphatic hydroxyl groups excluding tert-OH is 1. The first-order chi connectivity index (χ1) is 11.3. The molecule has 0 saturated carbocycles. The maximum absolute atomic E-state index is 12.3. The molecule has 0 saturated heterocycles. The Morgan fingerprint density at radius 1 is 1.40 bits per heavy atom. The van der Waals surface area contributed by atoms with E-state index in [2.05, 4.69) is 8.92 Å². The summed E-state index contributed by atoms with van der Waals surface area (Å²) in [6, 6.07) is 0.204. The highest BCUT2D eigenvalue weighted by Crippen LogP contribution is 2.35. The van der Waals surface area contributed by atoms with Crippen molar-refractivity contribution >= 4 is 21.8 Å². The lowest BCUT2D eigenvalue weighted by Crippen LogP contribution is -2.37. The molecule has 0 unspecified atom stereocenters. The molecule has 0 radical (unpaired) electrons. The second-order valence-corrected chi connectivity index (χ2v) is 6.00. The van der Waals surface area contributed by atoms with E-state index in [0.717, 1.165) is 13.2 Å². The molecular formula is C11H11F3N2O8S. The molecular weight excluding hydrogens is 377 g/mol. The van der Waals surface area contributed by atoms with Crippen molar-refractivity contribution in [1.29, 1.82) is 0 Å². The first kappa shape index (κ1) is 20.6. The van der Waals surface area contributed by atoms with Gasteiger partial charge in [0.05, 0.1) is 12.0 Å². The fraction of sp³-hybridized carbons (Fsp3) is 0.364. The number of carbonyl (C=O) groups is 1. The van der Waals surface area contributed by atoms with Crippen LogP contribution in [0, 0.1) is 10.1 Å². The third-order valence-corrected chi connectivity index (χ3v) is 3.78. The smallest absolute Gasteiger partial charge is 0.468 e. The summed E-state index contributed by atoms with van der Waals surface area (Å²) in [7, 11) is -5.17. The number of rotatable bonds is 6. The molecule has 14 heteroatoms. The van der Waals surface area contributed by atoms with Crippen molar-refractivity contribution in [3.05, 3.63) is 33.9 Å². The van der Waals surface area contributed by atoms with Gasteiger partial charge in [-0.15, -0.1) is 0 Å². The van der Waals surface area contributed by atoms with Crippen molar-refractivity contribution < 1.29 is 45.3 Å². The van der Waals surface area contributed by atoms with Gasteiger partial charge in [-0.3, -0.25) is 14.9 Å². The van der Waals surface area contributed by atoms with Gasteiger partial charge in [-0.05, 0) is 11.6 Å². The largest absolute Gasteiger partial charge is 0.534 e. The van der Waals surface area contributed by atoms with Crippen LogP contribution in [0.5, 0.6) is 5.75 Å². The van der Waals surface area contributed by atoms with Gasteiger partial charge >= 0.3 is 27.3 Å². The zero-order valence-corrected chi connectivity index (χ0v) is 13.1. The molecule has 0 amide bonds. The Hall–Kier alpha value is -2.45. The minimum atomic E-state index is -6.14. The average molecular weight is 388 g/mol. The topological polar surface area (TPSA) is 159 Å². The summed E-state index contributed by atoms with van der Waals surface area (Å²) >= 11 is 0. The van der Waals surface area contributed by atoms with Crippen LogP contribution in [0.1, 0.15) is 11.7 Å². The number of nitrogens with two attached hydrogens (primary N) is 1. The fourth-order valence-corrected chi connectivity index (χ4v) is 2.04. The molecule has 3 N–H and O–H groups in total. The quantitative estimate of drug-likeness (QED) is 0.230. The number of aliphatic hydroxyl groups is 1. The van der Waals surface area contributed by atoms with E-state index in [0.29, 0.717) is 12.1 Å². The molecule has 2 atom stereocenters. The van der Waals surface area contributed by atoms with Gasteiger partial charge in [0, 0.05) is 6.07 Å².